The minimum atomic E-state index is 0.0440. The Kier molecular flexibility index (Phi) is 7.31. The summed E-state index contributed by atoms with van der Waals surface area (Å²) in [7, 11) is 0. The maximum atomic E-state index is 10.9. The van der Waals surface area contributed by atoms with Crippen LogP contribution in [0.15, 0.2) is 42.5 Å². The zero-order valence-corrected chi connectivity index (χ0v) is 19.4. The molecule has 0 radical (unpaired) electrons. The zero-order chi connectivity index (χ0) is 21.8. The monoisotopic (exact) mass is 422 g/mol. The summed E-state index contributed by atoms with van der Waals surface area (Å²) in [6.07, 6.45) is 3.40. The lowest BCUT2D eigenvalue weighted by Gasteiger charge is -2.41. The van der Waals surface area contributed by atoms with Crippen LogP contribution in [-0.4, -0.2) is 53.7 Å². The highest BCUT2D eigenvalue weighted by atomic mass is 16.5. The van der Waals surface area contributed by atoms with Gasteiger partial charge in [-0.15, -0.1) is 0 Å². The van der Waals surface area contributed by atoms with E-state index in [-0.39, 0.29) is 12.2 Å². The first kappa shape index (κ1) is 22.3. The number of ether oxygens (including phenoxy) is 1. The fourth-order valence-corrected chi connectivity index (χ4v) is 5.28. The number of fused-ring (bicyclic) bond motifs is 1. The van der Waals surface area contributed by atoms with Gasteiger partial charge in [0.2, 0.25) is 0 Å². The predicted molar refractivity (Wildman–Crippen MR) is 126 cm³/mol. The minimum Gasteiger partial charge on any atom is -0.507 e. The molecule has 0 aromatic heterocycles. The molecular formula is C27H38N2O2. The molecule has 31 heavy (non-hydrogen) atoms. The Morgan fingerprint density at radius 3 is 2.42 bits per heavy atom. The van der Waals surface area contributed by atoms with Crippen LogP contribution >= 0.6 is 0 Å². The third-order valence-corrected chi connectivity index (χ3v) is 7.34. The van der Waals surface area contributed by atoms with Crippen molar-refractivity contribution in [1.82, 2.24) is 9.80 Å². The molecule has 0 spiro atoms. The van der Waals surface area contributed by atoms with Crippen molar-refractivity contribution >= 4 is 0 Å². The lowest BCUT2D eigenvalue weighted by Crippen LogP contribution is -2.42. The van der Waals surface area contributed by atoms with Crippen LogP contribution in [0.25, 0.3) is 0 Å². The first-order valence-corrected chi connectivity index (χ1v) is 12.0. The van der Waals surface area contributed by atoms with Gasteiger partial charge >= 0.3 is 0 Å². The van der Waals surface area contributed by atoms with Crippen LogP contribution in [0, 0.1) is 12.8 Å². The third kappa shape index (κ3) is 5.14. The SMILES string of the molecule is CCN(CC)C[C@@H]1O[C@H](C2CCN(Cc3ccccc3)CC2)Cc2c1ccc(C)c2O. The number of aryl methyl sites for hydroxylation is 1. The van der Waals surface area contributed by atoms with Gasteiger partial charge in [-0.2, -0.15) is 0 Å². The molecular weight excluding hydrogens is 384 g/mol. The van der Waals surface area contributed by atoms with E-state index in [0.29, 0.717) is 11.7 Å². The summed E-state index contributed by atoms with van der Waals surface area (Å²) in [4.78, 5) is 4.99. The first-order valence-electron chi connectivity index (χ1n) is 12.0. The first-order chi connectivity index (χ1) is 15.1. The van der Waals surface area contributed by atoms with Crippen molar-refractivity contribution in [2.45, 2.75) is 58.8 Å². The highest BCUT2D eigenvalue weighted by molar-refractivity contribution is 5.47. The van der Waals surface area contributed by atoms with Crippen LogP contribution in [0.2, 0.25) is 0 Å². The van der Waals surface area contributed by atoms with Gasteiger partial charge in [-0.3, -0.25) is 4.90 Å². The molecule has 2 aromatic carbocycles. The largest absolute Gasteiger partial charge is 0.507 e. The maximum absolute atomic E-state index is 10.9. The van der Waals surface area contributed by atoms with Gasteiger partial charge in [0.25, 0.3) is 0 Å². The van der Waals surface area contributed by atoms with Crippen molar-refractivity contribution in [2.75, 3.05) is 32.7 Å². The molecule has 0 aliphatic carbocycles. The fourth-order valence-electron chi connectivity index (χ4n) is 5.28. The van der Waals surface area contributed by atoms with E-state index >= 15 is 0 Å². The van der Waals surface area contributed by atoms with Gasteiger partial charge in [0, 0.05) is 25.1 Å². The van der Waals surface area contributed by atoms with Crippen LogP contribution in [0.4, 0.5) is 0 Å². The molecule has 1 N–H and O–H groups in total. The molecule has 0 unspecified atom stereocenters. The number of likely N-dealkylation sites (N-methyl/N-ethyl adjacent to an activating group) is 1. The maximum Gasteiger partial charge on any atom is 0.122 e. The van der Waals surface area contributed by atoms with Crippen molar-refractivity contribution in [3.05, 3.63) is 64.7 Å². The third-order valence-electron chi connectivity index (χ3n) is 7.34. The topological polar surface area (TPSA) is 35.9 Å². The Labute approximate surface area is 187 Å². The van der Waals surface area contributed by atoms with Crippen molar-refractivity contribution in [3.63, 3.8) is 0 Å². The van der Waals surface area contributed by atoms with E-state index in [1.807, 2.05) is 13.0 Å². The molecule has 2 aliphatic heterocycles. The Hall–Kier alpha value is -1.88. The Morgan fingerprint density at radius 1 is 1.03 bits per heavy atom. The van der Waals surface area contributed by atoms with E-state index in [1.165, 1.54) is 11.1 Å². The highest BCUT2D eigenvalue weighted by Gasteiger charge is 2.36. The minimum absolute atomic E-state index is 0.0440. The van der Waals surface area contributed by atoms with E-state index in [4.69, 9.17) is 4.74 Å². The standard InChI is InChI=1S/C27H38N2O2/c1-4-28(5-2)19-26-23-12-11-20(3)27(30)24(23)17-25(31-26)22-13-15-29(16-14-22)18-21-9-7-6-8-10-21/h6-12,22,25-26,30H,4-5,13-19H2,1-3H3/t25-,26-/m0/s1. The normalized spacial score (nSPS) is 22.6. The smallest absolute Gasteiger partial charge is 0.122 e. The van der Waals surface area contributed by atoms with Crippen molar-refractivity contribution in [3.8, 4) is 5.75 Å². The van der Waals surface area contributed by atoms with Crippen molar-refractivity contribution in [1.29, 1.82) is 0 Å². The molecule has 0 bridgehead atoms. The Bertz CT molecular complexity index is 842. The van der Waals surface area contributed by atoms with Crippen molar-refractivity contribution < 1.29 is 9.84 Å². The second-order valence-electron chi connectivity index (χ2n) is 9.25. The van der Waals surface area contributed by atoms with Crippen molar-refractivity contribution in [2.24, 2.45) is 5.92 Å². The molecule has 4 rings (SSSR count). The summed E-state index contributed by atoms with van der Waals surface area (Å²) < 4.78 is 6.76. The van der Waals surface area contributed by atoms with Gasteiger partial charge in [-0.1, -0.05) is 56.3 Å². The van der Waals surface area contributed by atoms with Gasteiger partial charge in [-0.25, -0.2) is 0 Å². The molecule has 2 heterocycles. The summed E-state index contributed by atoms with van der Waals surface area (Å²) in [6, 6.07) is 15.0. The van der Waals surface area contributed by atoms with E-state index in [2.05, 4.69) is 60.0 Å². The molecule has 4 heteroatoms. The number of likely N-dealkylation sites (tertiary alicyclic amines) is 1. The molecule has 2 atom stereocenters. The lowest BCUT2D eigenvalue weighted by molar-refractivity contribution is -0.0788. The lowest BCUT2D eigenvalue weighted by atomic mass is 9.83. The summed E-state index contributed by atoms with van der Waals surface area (Å²) in [5, 5.41) is 10.9. The molecule has 0 amide bonds. The molecule has 4 nitrogen and oxygen atoms in total. The molecule has 2 aromatic rings. The van der Waals surface area contributed by atoms with E-state index in [0.717, 1.165) is 69.7 Å². The Morgan fingerprint density at radius 2 is 1.74 bits per heavy atom. The van der Waals surface area contributed by atoms with Crippen LogP contribution in [0.5, 0.6) is 5.75 Å². The van der Waals surface area contributed by atoms with Crippen LogP contribution < -0.4 is 0 Å². The Balaban J connectivity index is 1.45. The van der Waals surface area contributed by atoms with E-state index in [1.54, 1.807) is 0 Å². The second kappa shape index (κ2) is 10.2. The van der Waals surface area contributed by atoms with Gasteiger partial charge in [0.15, 0.2) is 0 Å². The number of piperidine rings is 1. The number of hydrogen-bond acceptors (Lipinski definition) is 4. The predicted octanol–water partition coefficient (Wildman–Crippen LogP) is 4.94. The molecule has 0 saturated carbocycles. The van der Waals surface area contributed by atoms with Gasteiger partial charge in [0.1, 0.15) is 5.75 Å². The average molecular weight is 423 g/mol. The van der Waals surface area contributed by atoms with Crippen LogP contribution in [-0.2, 0) is 17.7 Å². The second-order valence-corrected chi connectivity index (χ2v) is 9.25. The number of phenolic OH excluding ortho intramolecular Hbond substituents is 1. The number of hydrogen-bond donors (Lipinski definition) is 1. The zero-order valence-electron chi connectivity index (χ0n) is 19.4. The summed E-state index contributed by atoms with van der Waals surface area (Å²) in [5.74, 6) is 1.04. The van der Waals surface area contributed by atoms with Crippen LogP contribution in [0.3, 0.4) is 0 Å². The van der Waals surface area contributed by atoms with Crippen LogP contribution in [0.1, 0.15) is 55.0 Å². The van der Waals surface area contributed by atoms with Gasteiger partial charge < -0.3 is 14.7 Å². The number of phenols is 1. The van der Waals surface area contributed by atoms with E-state index in [9.17, 15) is 5.11 Å². The van der Waals surface area contributed by atoms with Gasteiger partial charge in [-0.05, 0) is 68.6 Å². The number of rotatable bonds is 7. The molecule has 1 fully saturated rings. The quantitative estimate of drug-likeness (QED) is 0.686. The average Bonchev–Trinajstić information content (AvgIpc) is 2.81. The van der Waals surface area contributed by atoms with Gasteiger partial charge in [0.05, 0.1) is 12.2 Å². The number of nitrogens with zero attached hydrogens (tertiary/aromatic N) is 2. The highest BCUT2D eigenvalue weighted by Crippen LogP contribution is 2.41. The molecule has 2 aliphatic rings. The molecule has 168 valence electrons. The summed E-state index contributed by atoms with van der Waals surface area (Å²) >= 11 is 0. The number of benzene rings is 2. The fraction of sp³-hybridized carbons (Fsp3) is 0.556. The summed E-state index contributed by atoms with van der Waals surface area (Å²) in [5.41, 5.74) is 4.68. The molecule has 1 saturated heterocycles. The summed E-state index contributed by atoms with van der Waals surface area (Å²) in [6.45, 7) is 12.6. The number of aromatic hydroxyl groups is 1. The van der Waals surface area contributed by atoms with E-state index < -0.39 is 0 Å².